The lowest BCUT2D eigenvalue weighted by Gasteiger charge is -2.07. The Hall–Kier alpha value is -1.94. The standard InChI is InChI=1S/C13H16N4/c1-3-10(2)14-9-12-13(16-17-15-12)11-7-5-4-6-8-11/h3-8,10,14H,1,9H2,2H3,(H,15,16,17). The Balaban J connectivity index is 2.15. The van der Waals surface area contributed by atoms with Crippen molar-refractivity contribution in [2.75, 3.05) is 0 Å². The average molecular weight is 228 g/mol. The Morgan fingerprint density at radius 3 is 2.82 bits per heavy atom. The zero-order valence-corrected chi connectivity index (χ0v) is 9.85. The maximum absolute atomic E-state index is 4.19. The van der Waals surface area contributed by atoms with Crippen molar-refractivity contribution in [3.05, 3.63) is 48.7 Å². The first kappa shape index (κ1) is 11.5. The molecule has 2 N–H and O–H groups in total. The maximum Gasteiger partial charge on any atom is 0.117 e. The van der Waals surface area contributed by atoms with Crippen LogP contribution in [0.2, 0.25) is 0 Å². The third kappa shape index (κ3) is 2.79. The molecule has 2 aromatic rings. The number of nitrogens with zero attached hydrogens (tertiary/aromatic N) is 2. The highest BCUT2D eigenvalue weighted by Gasteiger charge is 2.09. The van der Waals surface area contributed by atoms with E-state index >= 15 is 0 Å². The summed E-state index contributed by atoms with van der Waals surface area (Å²) in [5.41, 5.74) is 2.89. The fourth-order valence-electron chi connectivity index (χ4n) is 1.54. The molecule has 1 unspecified atom stereocenters. The molecule has 0 aliphatic carbocycles. The first-order chi connectivity index (χ1) is 8.31. The Kier molecular flexibility index (Phi) is 3.67. The summed E-state index contributed by atoms with van der Waals surface area (Å²) in [7, 11) is 0. The van der Waals surface area contributed by atoms with Crippen LogP contribution in [0.1, 0.15) is 12.6 Å². The molecule has 0 aliphatic heterocycles. The van der Waals surface area contributed by atoms with Gasteiger partial charge in [0.05, 0.1) is 0 Å². The normalized spacial score (nSPS) is 12.3. The molecule has 17 heavy (non-hydrogen) atoms. The lowest BCUT2D eigenvalue weighted by molar-refractivity contribution is 0.624. The summed E-state index contributed by atoms with van der Waals surface area (Å²) in [6.45, 7) is 6.46. The van der Waals surface area contributed by atoms with E-state index < -0.39 is 0 Å². The molecule has 4 heteroatoms. The van der Waals surface area contributed by atoms with Gasteiger partial charge in [0.2, 0.25) is 0 Å². The summed E-state index contributed by atoms with van der Waals surface area (Å²) in [6.07, 6.45) is 1.86. The number of benzene rings is 1. The lowest BCUT2D eigenvalue weighted by Crippen LogP contribution is -2.23. The summed E-state index contributed by atoms with van der Waals surface area (Å²) in [4.78, 5) is 0. The first-order valence-electron chi connectivity index (χ1n) is 5.62. The fourth-order valence-corrected chi connectivity index (χ4v) is 1.54. The van der Waals surface area contributed by atoms with E-state index in [4.69, 9.17) is 0 Å². The van der Waals surface area contributed by atoms with Crippen LogP contribution < -0.4 is 5.32 Å². The molecule has 0 spiro atoms. The molecule has 1 heterocycles. The zero-order chi connectivity index (χ0) is 12.1. The van der Waals surface area contributed by atoms with E-state index in [1.165, 1.54) is 0 Å². The highest BCUT2D eigenvalue weighted by molar-refractivity contribution is 5.60. The van der Waals surface area contributed by atoms with Gasteiger partial charge in [-0.3, -0.25) is 0 Å². The van der Waals surface area contributed by atoms with Crippen LogP contribution in [0.25, 0.3) is 11.3 Å². The monoisotopic (exact) mass is 228 g/mol. The predicted octanol–water partition coefficient (Wildman–Crippen LogP) is 2.14. The van der Waals surface area contributed by atoms with Crippen LogP contribution in [0.15, 0.2) is 43.0 Å². The molecule has 0 bridgehead atoms. The van der Waals surface area contributed by atoms with E-state index in [1.54, 1.807) is 0 Å². The lowest BCUT2D eigenvalue weighted by atomic mass is 10.1. The number of hydrogen-bond acceptors (Lipinski definition) is 3. The SMILES string of the molecule is C=CC(C)NCc1n[nH]nc1-c1ccccc1. The highest BCUT2D eigenvalue weighted by Crippen LogP contribution is 2.18. The van der Waals surface area contributed by atoms with E-state index in [2.05, 4.69) is 34.2 Å². The smallest absolute Gasteiger partial charge is 0.117 e. The molecule has 0 fully saturated rings. The number of rotatable bonds is 5. The molecule has 1 atom stereocenters. The van der Waals surface area contributed by atoms with Gasteiger partial charge in [-0.15, -0.1) is 6.58 Å². The highest BCUT2D eigenvalue weighted by atomic mass is 15.3. The fraction of sp³-hybridized carbons (Fsp3) is 0.231. The van der Waals surface area contributed by atoms with Gasteiger partial charge in [0.25, 0.3) is 0 Å². The second-order valence-corrected chi connectivity index (χ2v) is 3.89. The molecule has 2 rings (SSSR count). The molecule has 0 amide bonds. The zero-order valence-electron chi connectivity index (χ0n) is 9.85. The minimum atomic E-state index is 0.260. The number of aromatic amines is 1. The Morgan fingerprint density at radius 2 is 2.12 bits per heavy atom. The summed E-state index contributed by atoms with van der Waals surface area (Å²) >= 11 is 0. The summed E-state index contributed by atoms with van der Waals surface area (Å²) in [5, 5.41) is 14.3. The second-order valence-electron chi connectivity index (χ2n) is 3.89. The largest absolute Gasteiger partial charge is 0.305 e. The number of aromatic nitrogens is 3. The van der Waals surface area contributed by atoms with Crippen molar-refractivity contribution in [1.82, 2.24) is 20.7 Å². The Bertz CT molecular complexity index is 475. The number of nitrogens with one attached hydrogen (secondary N) is 2. The van der Waals surface area contributed by atoms with Crippen molar-refractivity contribution in [2.24, 2.45) is 0 Å². The van der Waals surface area contributed by atoms with Crippen LogP contribution in [-0.4, -0.2) is 21.5 Å². The Morgan fingerprint density at radius 1 is 1.35 bits per heavy atom. The van der Waals surface area contributed by atoms with Gasteiger partial charge in [0.15, 0.2) is 0 Å². The third-order valence-electron chi connectivity index (χ3n) is 2.61. The van der Waals surface area contributed by atoms with Gasteiger partial charge in [-0.25, -0.2) is 0 Å². The molecule has 0 radical (unpaired) electrons. The van der Waals surface area contributed by atoms with E-state index in [9.17, 15) is 0 Å². The molecule has 0 saturated heterocycles. The summed E-state index contributed by atoms with van der Waals surface area (Å²) < 4.78 is 0. The molecular formula is C13H16N4. The van der Waals surface area contributed by atoms with Crippen LogP contribution in [0, 0.1) is 0 Å². The van der Waals surface area contributed by atoms with Crippen molar-refractivity contribution in [3.8, 4) is 11.3 Å². The van der Waals surface area contributed by atoms with Crippen molar-refractivity contribution >= 4 is 0 Å². The van der Waals surface area contributed by atoms with Gasteiger partial charge in [0, 0.05) is 18.2 Å². The Labute approximate surface area is 101 Å². The van der Waals surface area contributed by atoms with Crippen molar-refractivity contribution in [3.63, 3.8) is 0 Å². The quantitative estimate of drug-likeness (QED) is 0.771. The van der Waals surface area contributed by atoms with Crippen LogP contribution in [0.5, 0.6) is 0 Å². The molecule has 0 aliphatic rings. The third-order valence-corrected chi connectivity index (χ3v) is 2.61. The number of hydrogen-bond donors (Lipinski definition) is 2. The second kappa shape index (κ2) is 5.41. The van der Waals surface area contributed by atoms with Crippen LogP contribution in [0.4, 0.5) is 0 Å². The summed E-state index contributed by atoms with van der Waals surface area (Å²) in [5.74, 6) is 0. The van der Waals surface area contributed by atoms with E-state index in [1.807, 2.05) is 36.4 Å². The molecule has 88 valence electrons. The summed E-state index contributed by atoms with van der Waals surface area (Å²) in [6, 6.07) is 10.3. The molecule has 0 saturated carbocycles. The van der Waals surface area contributed by atoms with Gasteiger partial charge < -0.3 is 5.32 Å². The van der Waals surface area contributed by atoms with Crippen molar-refractivity contribution in [2.45, 2.75) is 19.5 Å². The topological polar surface area (TPSA) is 53.6 Å². The van der Waals surface area contributed by atoms with Gasteiger partial charge in [-0.2, -0.15) is 15.4 Å². The van der Waals surface area contributed by atoms with Crippen LogP contribution >= 0.6 is 0 Å². The minimum Gasteiger partial charge on any atom is -0.305 e. The maximum atomic E-state index is 4.19. The molecule has 1 aromatic heterocycles. The molecule has 4 nitrogen and oxygen atoms in total. The average Bonchev–Trinajstić information content (AvgIpc) is 2.85. The van der Waals surface area contributed by atoms with Crippen molar-refractivity contribution < 1.29 is 0 Å². The van der Waals surface area contributed by atoms with E-state index in [0.29, 0.717) is 6.54 Å². The first-order valence-corrected chi connectivity index (χ1v) is 5.62. The van der Waals surface area contributed by atoms with Gasteiger partial charge >= 0.3 is 0 Å². The minimum absolute atomic E-state index is 0.260. The predicted molar refractivity (Wildman–Crippen MR) is 68.3 cm³/mol. The van der Waals surface area contributed by atoms with E-state index in [-0.39, 0.29) is 6.04 Å². The van der Waals surface area contributed by atoms with E-state index in [0.717, 1.165) is 17.0 Å². The van der Waals surface area contributed by atoms with Gasteiger partial charge in [-0.05, 0) is 6.92 Å². The van der Waals surface area contributed by atoms with Gasteiger partial charge in [0.1, 0.15) is 11.4 Å². The molecule has 1 aromatic carbocycles. The van der Waals surface area contributed by atoms with Crippen LogP contribution in [0.3, 0.4) is 0 Å². The van der Waals surface area contributed by atoms with Crippen LogP contribution in [-0.2, 0) is 6.54 Å². The van der Waals surface area contributed by atoms with Crippen molar-refractivity contribution in [1.29, 1.82) is 0 Å². The van der Waals surface area contributed by atoms with Gasteiger partial charge in [-0.1, -0.05) is 36.4 Å². The molecular weight excluding hydrogens is 212 g/mol. The number of H-pyrrole nitrogens is 1.